The smallest absolute Gasteiger partial charge is 0.259 e. The Labute approximate surface area is 86.3 Å². The Balaban J connectivity index is 2.53. The van der Waals surface area contributed by atoms with Crippen molar-refractivity contribution >= 4 is 28.8 Å². The van der Waals surface area contributed by atoms with Gasteiger partial charge in [-0.25, -0.2) is 0 Å². The summed E-state index contributed by atoms with van der Waals surface area (Å²) in [5.41, 5.74) is 2.08. The van der Waals surface area contributed by atoms with E-state index in [0.717, 1.165) is 11.3 Å². The molecule has 0 atom stereocenters. The molecule has 1 N–H and O–H groups in total. The Bertz CT molecular complexity index is 426. The quantitative estimate of drug-likeness (QED) is 0.569. The van der Waals surface area contributed by atoms with E-state index in [1.807, 2.05) is 0 Å². The van der Waals surface area contributed by atoms with Crippen LogP contribution in [0.3, 0.4) is 0 Å². The number of nitrogens with one attached hydrogen (secondary N) is 1. The number of carbonyl (C=O) groups is 1. The van der Waals surface area contributed by atoms with Crippen LogP contribution in [0.2, 0.25) is 5.02 Å². The zero-order valence-electron chi connectivity index (χ0n) is 7.50. The highest BCUT2D eigenvalue weighted by Crippen LogP contribution is 2.33. The second-order valence-electron chi connectivity index (χ2n) is 2.91. The van der Waals surface area contributed by atoms with E-state index in [2.05, 4.69) is 5.32 Å². The third-order valence-electron chi connectivity index (χ3n) is 2.00. The number of methoxy groups -OCH3 is 1. The Kier molecular flexibility index (Phi) is 2.17. The highest BCUT2D eigenvalue weighted by atomic mass is 35.5. The molecule has 0 bridgehead atoms. The lowest BCUT2D eigenvalue weighted by Crippen LogP contribution is -2.03. The molecular weight excluding hydrogens is 202 g/mol. The van der Waals surface area contributed by atoms with E-state index < -0.39 is 0 Å². The first kappa shape index (κ1) is 9.09. The second-order valence-corrected chi connectivity index (χ2v) is 3.35. The molecule has 1 aromatic rings. The van der Waals surface area contributed by atoms with Crippen LogP contribution in [0.1, 0.15) is 5.56 Å². The topological polar surface area (TPSA) is 38.3 Å². The maximum Gasteiger partial charge on any atom is 0.259 e. The average Bonchev–Trinajstić information content (AvgIpc) is 2.43. The van der Waals surface area contributed by atoms with Crippen LogP contribution < -0.4 is 5.32 Å². The number of hydrogen-bond acceptors (Lipinski definition) is 2. The van der Waals surface area contributed by atoms with Crippen molar-refractivity contribution in [3.05, 3.63) is 35.0 Å². The van der Waals surface area contributed by atoms with Crippen molar-refractivity contribution in [1.82, 2.24) is 0 Å². The van der Waals surface area contributed by atoms with Crippen molar-refractivity contribution in [3.8, 4) is 0 Å². The lowest BCUT2D eigenvalue weighted by Gasteiger charge is -1.97. The van der Waals surface area contributed by atoms with Gasteiger partial charge in [0.25, 0.3) is 5.91 Å². The number of rotatable bonds is 1. The van der Waals surface area contributed by atoms with Gasteiger partial charge < -0.3 is 10.1 Å². The van der Waals surface area contributed by atoms with Crippen LogP contribution in [0, 0.1) is 0 Å². The lowest BCUT2D eigenvalue weighted by molar-refractivity contribution is -0.110. The van der Waals surface area contributed by atoms with E-state index in [1.54, 1.807) is 18.2 Å². The zero-order valence-corrected chi connectivity index (χ0v) is 8.26. The van der Waals surface area contributed by atoms with E-state index in [-0.39, 0.29) is 5.91 Å². The van der Waals surface area contributed by atoms with Crippen molar-refractivity contribution in [1.29, 1.82) is 0 Å². The molecule has 1 aliphatic rings. The Morgan fingerprint density at radius 2 is 2.29 bits per heavy atom. The number of fused-ring (bicyclic) bond motifs is 1. The second kappa shape index (κ2) is 3.35. The van der Waals surface area contributed by atoms with Crippen LogP contribution >= 0.6 is 11.6 Å². The van der Waals surface area contributed by atoms with Gasteiger partial charge in [0.15, 0.2) is 0 Å². The molecule has 0 spiro atoms. The van der Waals surface area contributed by atoms with E-state index in [4.69, 9.17) is 16.3 Å². The van der Waals surface area contributed by atoms with Gasteiger partial charge in [0, 0.05) is 10.6 Å². The molecule has 0 radical (unpaired) electrons. The van der Waals surface area contributed by atoms with E-state index in [9.17, 15) is 4.79 Å². The SMILES string of the molecule is CO/C=C1/C(=O)Nc2cc(Cl)ccc21. The summed E-state index contributed by atoms with van der Waals surface area (Å²) < 4.78 is 4.83. The number of carbonyl (C=O) groups excluding carboxylic acids is 1. The molecule has 0 aliphatic carbocycles. The summed E-state index contributed by atoms with van der Waals surface area (Å²) in [6, 6.07) is 5.25. The van der Waals surface area contributed by atoms with E-state index in [0.29, 0.717) is 10.6 Å². The molecule has 0 fully saturated rings. The van der Waals surface area contributed by atoms with Crippen molar-refractivity contribution < 1.29 is 9.53 Å². The predicted octanol–water partition coefficient (Wildman–Crippen LogP) is 2.28. The summed E-state index contributed by atoms with van der Waals surface area (Å²) in [4.78, 5) is 11.4. The molecule has 2 rings (SSSR count). The molecule has 3 nitrogen and oxygen atoms in total. The highest BCUT2D eigenvalue weighted by Gasteiger charge is 2.24. The minimum atomic E-state index is -0.163. The van der Waals surface area contributed by atoms with Crippen LogP contribution in [-0.2, 0) is 9.53 Å². The first-order valence-electron chi connectivity index (χ1n) is 4.06. The van der Waals surface area contributed by atoms with Crippen LogP contribution in [0.5, 0.6) is 0 Å². The monoisotopic (exact) mass is 209 g/mol. The Morgan fingerprint density at radius 3 is 3.00 bits per heavy atom. The van der Waals surface area contributed by atoms with Crippen LogP contribution in [0.4, 0.5) is 5.69 Å². The fourth-order valence-electron chi connectivity index (χ4n) is 1.40. The standard InChI is InChI=1S/C10H8ClNO2/c1-14-5-8-7-3-2-6(11)4-9(7)12-10(8)13/h2-5H,1H3,(H,12,13)/b8-5+. The minimum absolute atomic E-state index is 0.163. The molecule has 0 unspecified atom stereocenters. The summed E-state index contributed by atoms with van der Waals surface area (Å²) in [6.45, 7) is 0. The van der Waals surface area contributed by atoms with Crippen LogP contribution in [0.15, 0.2) is 24.5 Å². The Hall–Kier alpha value is -1.48. The van der Waals surface area contributed by atoms with Crippen molar-refractivity contribution in [2.75, 3.05) is 12.4 Å². The van der Waals surface area contributed by atoms with Gasteiger partial charge in [-0.2, -0.15) is 0 Å². The first-order chi connectivity index (χ1) is 6.72. The number of anilines is 1. The Morgan fingerprint density at radius 1 is 1.50 bits per heavy atom. The molecule has 0 saturated carbocycles. The zero-order chi connectivity index (χ0) is 10.1. The fourth-order valence-corrected chi connectivity index (χ4v) is 1.57. The molecule has 1 amide bonds. The molecular formula is C10H8ClNO2. The third-order valence-corrected chi connectivity index (χ3v) is 2.24. The molecule has 14 heavy (non-hydrogen) atoms. The summed E-state index contributed by atoms with van der Waals surface area (Å²) in [5, 5.41) is 3.30. The average molecular weight is 210 g/mol. The number of amides is 1. The summed E-state index contributed by atoms with van der Waals surface area (Å²) >= 11 is 5.79. The normalized spacial score (nSPS) is 16.7. The van der Waals surface area contributed by atoms with Gasteiger partial charge in [0.1, 0.15) is 0 Å². The molecule has 4 heteroatoms. The number of benzene rings is 1. The number of halogens is 1. The van der Waals surface area contributed by atoms with Crippen molar-refractivity contribution in [2.24, 2.45) is 0 Å². The van der Waals surface area contributed by atoms with Gasteiger partial charge in [-0.1, -0.05) is 17.7 Å². The molecule has 0 aromatic heterocycles. The van der Waals surface area contributed by atoms with Gasteiger partial charge in [0.2, 0.25) is 0 Å². The minimum Gasteiger partial charge on any atom is -0.504 e. The van der Waals surface area contributed by atoms with Gasteiger partial charge in [-0.3, -0.25) is 4.79 Å². The lowest BCUT2D eigenvalue weighted by atomic mass is 10.1. The molecule has 0 saturated heterocycles. The highest BCUT2D eigenvalue weighted by molar-refractivity contribution is 6.34. The summed E-state index contributed by atoms with van der Waals surface area (Å²) in [6.07, 6.45) is 1.43. The van der Waals surface area contributed by atoms with E-state index >= 15 is 0 Å². The summed E-state index contributed by atoms with van der Waals surface area (Å²) in [7, 11) is 1.51. The maximum absolute atomic E-state index is 11.4. The molecule has 1 aromatic carbocycles. The van der Waals surface area contributed by atoms with Crippen molar-refractivity contribution in [2.45, 2.75) is 0 Å². The van der Waals surface area contributed by atoms with Gasteiger partial charge in [-0.15, -0.1) is 0 Å². The third kappa shape index (κ3) is 1.36. The molecule has 72 valence electrons. The van der Waals surface area contributed by atoms with Crippen LogP contribution in [-0.4, -0.2) is 13.0 Å². The number of hydrogen-bond donors (Lipinski definition) is 1. The fraction of sp³-hybridized carbons (Fsp3) is 0.100. The summed E-state index contributed by atoms with van der Waals surface area (Å²) in [5.74, 6) is -0.163. The predicted molar refractivity (Wildman–Crippen MR) is 55.1 cm³/mol. The van der Waals surface area contributed by atoms with E-state index in [1.165, 1.54) is 13.4 Å². The molecule has 1 aliphatic heterocycles. The molecule has 1 heterocycles. The van der Waals surface area contributed by atoms with Gasteiger partial charge in [0.05, 0.1) is 24.6 Å². The van der Waals surface area contributed by atoms with Gasteiger partial charge >= 0.3 is 0 Å². The van der Waals surface area contributed by atoms with Crippen LogP contribution in [0.25, 0.3) is 5.57 Å². The van der Waals surface area contributed by atoms with Crippen molar-refractivity contribution in [3.63, 3.8) is 0 Å². The maximum atomic E-state index is 11.4. The number of ether oxygens (including phenoxy) is 1. The first-order valence-corrected chi connectivity index (χ1v) is 4.44. The van der Waals surface area contributed by atoms with Gasteiger partial charge in [-0.05, 0) is 12.1 Å². The largest absolute Gasteiger partial charge is 0.504 e.